The Morgan fingerprint density at radius 2 is 1.39 bits per heavy atom. The molecule has 88 valence electrons. The number of fused-ring (bicyclic) bond motifs is 1. The van der Waals surface area contributed by atoms with Crippen LogP contribution in [0.1, 0.15) is 5.56 Å². The molecule has 0 bridgehead atoms. The standard InChI is InChI=1S/C17H13Br/c1-12-6-11-16(13-7-9-14(18)10-8-13)17-5-3-2-4-15(12)17/h2-11H,1H3. The molecular formula is C17H13Br. The van der Waals surface area contributed by atoms with E-state index in [0.29, 0.717) is 0 Å². The predicted molar refractivity (Wildman–Crippen MR) is 81.8 cm³/mol. The normalized spacial score (nSPS) is 10.8. The SMILES string of the molecule is Cc1ccc(-c2ccc(Br)cc2)c2ccccc12. The fourth-order valence-corrected chi connectivity index (χ4v) is 2.60. The summed E-state index contributed by atoms with van der Waals surface area (Å²) in [6.45, 7) is 2.16. The van der Waals surface area contributed by atoms with Gasteiger partial charge in [-0.3, -0.25) is 0 Å². The number of halogens is 1. The molecule has 0 N–H and O–H groups in total. The molecule has 0 aromatic heterocycles. The lowest BCUT2D eigenvalue weighted by atomic mass is 9.96. The van der Waals surface area contributed by atoms with Gasteiger partial charge in [-0.2, -0.15) is 0 Å². The first-order chi connectivity index (χ1) is 8.75. The molecule has 1 heteroatoms. The first kappa shape index (κ1) is 11.5. The second kappa shape index (κ2) is 4.58. The van der Waals surface area contributed by atoms with Crippen molar-refractivity contribution in [2.24, 2.45) is 0 Å². The highest BCUT2D eigenvalue weighted by atomic mass is 79.9. The summed E-state index contributed by atoms with van der Waals surface area (Å²) in [4.78, 5) is 0. The molecule has 0 saturated carbocycles. The van der Waals surface area contributed by atoms with Crippen molar-refractivity contribution in [3.05, 3.63) is 70.7 Å². The second-order valence-corrected chi connectivity index (χ2v) is 5.40. The number of rotatable bonds is 1. The van der Waals surface area contributed by atoms with E-state index in [1.54, 1.807) is 0 Å². The number of hydrogen-bond donors (Lipinski definition) is 0. The van der Waals surface area contributed by atoms with Gasteiger partial charge in [0, 0.05) is 4.47 Å². The topological polar surface area (TPSA) is 0 Å². The van der Waals surface area contributed by atoms with Crippen LogP contribution in [-0.4, -0.2) is 0 Å². The van der Waals surface area contributed by atoms with Crippen LogP contribution in [0.5, 0.6) is 0 Å². The zero-order chi connectivity index (χ0) is 12.5. The van der Waals surface area contributed by atoms with Gasteiger partial charge in [0.05, 0.1) is 0 Å². The highest BCUT2D eigenvalue weighted by Crippen LogP contribution is 2.31. The smallest absolute Gasteiger partial charge is 0.0175 e. The minimum Gasteiger partial charge on any atom is -0.0616 e. The number of benzene rings is 3. The van der Waals surface area contributed by atoms with Crippen molar-refractivity contribution in [2.45, 2.75) is 6.92 Å². The van der Waals surface area contributed by atoms with Crippen LogP contribution >= 0.6 is 15.9 Å². The summed E-state index contributed by atoms with van der Waals surface area (Å²) in [6, 6.07) is 21.5. The van der Waals surface area contributed by atoms with Crippen LogP contribution in [0.2, 0.25) is 0 Å². The van der Waals surface area contributed by atoms with E-state index >= 15 is 0 Å². The summed E-state index contributed by atoms with van der Waals surface area (Å²) in [5.41, 5.74) is 3.88. The van der Waals surface area contributed by atoms with Crippen LogP contribution in [0.4, 0.5) is 0 Å². The molecule has 0 heterocycles. The largest absolute Gasteiger partial charge is 0.0616 e. The van der Waals surface area contributed by atoms with Crippen LogP contribution in [-0.2, 0) is 0 Å². The molecular weight excluding hydrogens is 284 g/mol. The Kier molecular flexibility index (Phi) is 2.92. The molecule has 0 radical (unpaired) electrons. The van der Waals surface area contributed by atoms with E-state index in [1.807, 2.05) is 0 Å². The van der Waals surface area contributed by atoms with Crippen LogP contribution < -0.4 is 0 Å². The summed E-state index contributed by atoms with van der Waals surface area (Å²) in [6.07, 6.45) is 0. The van der Waals surface area contributed by atoms with Gasteiger partial charge < -0.3 is 0 Å². The summed E-state index contributed by atoms with van der Waals surface area (Å²) < 4.78 is 1.11. The summed E-state index contributed by atoms with van der Waals surface area (Å²) in [5, 5.41) is 2.65. The zero-order valence-corrected chi connectivity index (χ0v) is 11.7. The van der Waals surface area contributed by atoms with E-state index in [9.17, 15) is 0 Å². The van der Waals surface area contributed by atoms with Gasteiger partial charge in [-0.15, -0.1) is 0 Å². The van der Waals surface area contributed by atoms with E-state index in [2.05, 4.69) is 83.5 Å². The van der Waals surface area contributed by atoms with Gasteiger partial charge in [-0.05, 0) is 46.5 Å². The van der Waals surface area contributed by atoms with E-state index in [4.69, 9.17) is 0 Å². The van der Waals surface area contributed by atoms with Crippen molar-refractivity contribution >= 4 is 26.7 Å². The third kappa shape index (κ3) is 1.95. The maximum Gasteiger partial charge on any atom is 0.0175 e. The van der Waals surface area contributed by atoms with Gasteiger partial charge in [0.2, 0.25) is 0 Å². The van der Waals surface area contributed by atoms with E-state index < -0.39 is 0 Å². The highest BCUT2D eigenvalue weighted by molar-refractivity contribution is 9.10. The zero-order valence-electron chi connectivity index (χ0n) is 10.2. The summed E-state index contributed by atoms with van der Waals surface area (Å²) in [7, 11) is 0. The Balaban J connectivity index is 2.30. The summed E-state index contributed by atoms with van der Waals surface area (Å²) >= 11 is 3.48. The molecule has 0 aliphatic carbocycles. The highest BCUT2D eigenvalue weighted by Gasteiger charge is 2.04. The van der Waals surface area contributed by atoms with Crippen molar-refractivity contribution in [3.63, 3.8) is 0 Å². The van der Waals surface area contributed by atoms with Crippen molar-refractivity contribution in [3.8, 4) is 11.1 Å². The minimum atomic E-state index is 1.11. The maximum absolute atomic E-state index is 3.48. The number of aryl methyl sites for hydroxylation is 1. The predicted octanol–water partition coefficient (Wildman–Crippen LogP) is 5.58. The van der Waals surface area contributed by atoms with Gasteiger partial charge >= 0.3 is 0 Å². The third-order valence-corrected chi connectivity index (χ3v) is 3.83. The molecule has 0 aliphatic rings. The molecule has 0 aliphatic heterocycles. The van der Waals surface area contributed by atoms with Crippen molar-refractivity contribution in [2.75, 3.05) is 0 Å². The third-order valence-electron chi connectivity index (χ3n) is 3.30. The van der Waals surface area contributed by atoms with Crippen molar-refractivity contribution in [1.82, 2.24) is 0 Å². The Labute approximate surface area is 115 Å². The van der Waals surface area contributed by atoms with E-state index in [0.717, 1.165) is 4.47 Å². The van der Waals surface area contributed by atoms with E-state index in [-0.39, 0.29) is 0 Å². The fourth-order valence-electron chi connectivity index (χ4n) is 2.33. The Morgan fingerprint density at radius 1 is 0.722 bits per heavy atom. The van der Waals surface area contributed by atoms with Crippen LogP contribution in [0.15, 0.2) is 65.1 Å². The lowest BCUT2D eigenvalue weighted by Gasteiger charge is -2.09. The molecule has 0 fully saturated rings. The Bertz CT molecular complexity index is 696. The van der Waals surface area contributed by atoms with Crippen LogP contribution in [0.3, 0.4) is 0 Å². The van der Waals surface area contributed by atoms with Crippen molar-refractivity contribution < 1.29 is 0 Å². The van der Waals surface area contributed by atoms with Gasteiger partial charge in [0.15, 0.2) is 0 Å². The molecule has 0 atom stereocenters. The second-order valence-electron chi connectivity index (χ2n) is 4.48. The van der Waals surface area contributed by atoms with Crippen LogP contribution in [0, 0.1) is 6.92 Å². The lowest BCUT2D eigenvalue weighted by molar-refractivity contribution is 1.52. The Hall–Kier alpha value is -1.60. The van der Waals surface area contributed by atoms with Crippen LogP contribution in [0.25, 0.3) is 21.9 Å². The summed E-state index contributed by atoms with van der Waals surface area (Å²) in [5.74, 6) is 0. The maximum atomic E-state index is 3.48. The fraction of sp³-hybridized carbons (Fsp3) is 0.0588. The van der Waals surface area contributed by atoms with Gasteiger partial charge in [0.1, 0.15) is 0 Å². The molecule has 0 saturated heterocycles. The van der Waals surface area contributed by atoms with Crippen molar-refractivity contribution in [1.29, 1.82) is 0 Å². The first-order valence-corrected chi connectivity index (χ1v) is 6.79. The molecule has 0 amide bonds. The average molecular weight is 297 g/mol. The van der Waals surface area contributed by atoms with Gasteiger partial charge in [-0.25, -0.2) is 0 Å². The molecule has 3 rings (SSSR count). The quantitative estimate of drug-likeness (QED) is 0.550. The molecule has 18 heavy (non-hydrogen) atoms. The minimum absolute atomic E-state index is 1.11. The molecule has 0 spiro atoms. The molecule has 0 nitrogen and oxygen atoms in total. The lowest BCUT2D eigenvalue weighted by Crippen LogP contribution is -1.84. The van der Waals surface area contributed by atoms with Gasteiger partial charge in [0.25, 0.3) is 0 Å². The van der Waals surface area contributed by atoms with E-state index in [1.165, 1.54) is 27.5 Å². The average Bonchev–Trinajstić information content (AvgIpc) is 2.41. The molecule has 3 aromatic carbocycles. The molecule has 0 unspecified atom stereocenters. The van der Waals surface area contributed by atoms with Gasteiger partial charge in [-0.1, -0.05) is 64.5 Å². The monoisotopic (exact) mass is 296 g/mol. The molecule has 3 aromatic rings. The number of hydrogen-bond acceptors (Lipinski definition) is 0. The Morgan fingerprint density at radius 3 is 2.11 bits per heavy atom. The first-order valence-electron chi connectivity index (χ1n) is 6.00.